The lowest BCUT2D eigenvalue weighted by molar-refractivity contribution is 0.567. The maximum absolute atomic E-state index is 12.2. The van der Waals surface area contributed by atoms with Gasteiger partial charge in [0.05, 0.1) is 0 Å². The highest BCUT2D eigenvalue weighted by atomic mass is 32.2. The van der Waals surface area contributed by atoms with Gasteiger partial charge in [-0.2, -0.15) is 5.10 Å². The lowest BCUT2D eigenvalue weighted by Crippen LogP contribution is -2.28. The molecule has 7 heteroatoms. The van der Waals surface area contributed by atoms with Crippen LogP contribution in [0.4, 0.5) is 0 Å². The Morgan fingerprint density at radius 3 is 2.74 bits per heavy atom. The predicted octanol–water partition coefficient (Wildman–Crippen LogP) is 0.762. The summed E-state index contributed by atoms with van der Waals surface area (Å²) in [6.07, 6.45) is 1.10. The van der Waals surface area contributed by atoms with Crippen LogP contribution in [0.25, 0.3) is 0 Å². The maximum atomic E-state index is 12.2. The molecule has 1 saturated carbocycles. The summed E-state index contributed by atoms with van der Waals surface area (Å²) >= 11 is 0. The SMILES string of the molecule is CCNCc1c(S(=O)(=O)NCC2CC2C)n[nH]c1C. The van der Waals surface area contributed by atoms with Crippen molar-refractivity contribution in [3.63, 3.8) is 0 Å². The molecule has 2 unspecified atom stereocenters. The van der Waals surface area contributed by atoms with E-state index in [-0.39, 0.29) is 5.03 Å². The molecule has 0 saturated heterocycles. The molecule has 0 bridgehead atoms. The van der Waals surface area contributed by atoms with Gasteiger partial charge in [-0.1, -0.05) is 13.8 Å². The van der Waals surface area contributed by atoms with Crippen molar-refractivity contribution in [3.05, 3.63) is 11.3 Å². The summed E-state index contributed by atoms with van der Waals surface area (Å²) in [6, 6.07) is 0. The van der Waals surface area contributed by atoms with Crippen LogP contribution in [0.2, 0.25) is 0 Å². The number of hydrogen-bond donors (Lipinski definition) is 3. The van der Waals surface area contributed by atoms with E-state index in [2.05, 4.69) is 27.2 Å². The highest BCUT2D eigenvalue weighted by Gasteiger charge is 2.34. The average molecular weight is 286 g/mol. The maximum Gasteiger partial charge on any atom is 0.260 e. The van der Waals surface area contributed by atoms with Gasteiger partial charge in [0.1, 0.15) is 0 Å². The van der Waals surface area contributed by atoms with Crippen molar-refractivity contribution in [1.29, 1.82) is 0 Å². The van der Waals surface area contributed by atoms with Crippen LogP contribution >= 0.6 is 0 Å². The molecule has 0 spiro atoms. The first-order valence-electron chi connectivity index (χ1n) is 6.70. The lowest BCUT2D eigenvalue weighted by atomic mass is 10.2. The minimum atomic E-state index is -3.51. The number of H-pyrrole nitrogens is 1. The molecular weight excluding hydrogens is 264 g/mol. The van der Waals surface area contributed by atoms with Crippen LogP contribution in [0.3, 0.4) is 0 Å². The van der Waals surface area contributed by atoms with Gasteiger partial charge in [0.15, 0.2) is 5.03 Å². The molecule has 108 valence electrons. The number of nitrogens with one attached hydrogen (secondary N) is 3. The third-order valence-corrected chi connectivity index (χ3v) is 5.05. The summed E-state index contributed by atoms with van der Waals surface area (Å²) in [7, 11) is -3.51. The summed E-state index contributed by atoms with van der Waals surface area (Å²) in [5, 5.41) is 9.96. The first-order valence-corrected chi connectivity index (χ1v) is 8.18. The predicted molar refractivity (Wildman–Crippen MR) is 73.2 cm³/mol. The van der Waals surface area contributed by atoms with E-state index in [9.17, 15) is 8.42 Å². The van der Waals surface area contributed by atoms with E-state index < -0.39 is 10.0 Å². The third kappa shape index (κ3) is 3.34. The second-order valence-corrected chi connectivity index (χ2v) is 6.92. The fraction of sp³-hybridized carbons (Fsp3) is 0.750. The van der Waals surface area contributed by atoms with Crippen LogP contribution in [0.5, 0.6) is 0 Å². The Morgan fingerprint density at radius 1 is 1.47 bits per heavy atom. The first kappa shape index (κ1) is 14.5. The molecule has 3 N–H and O–H groups in total. The molecule has 19 heavy (non-hydrogen) atoms. The van der Waals surface area contributed by atoms with Crippen molar-refractivity contribution in [2.24, 2.45) is 11.8 Å². The van der Waals surface area contributed by atoms with Crippen LogP contribution in [-0.2, 0) is 16.6 Å². The van der Waals surface area contributed by atoms with E-state index in [0.29, 0.717) is 24.9 Å². The van der Waals surface area contributed by atoms with E-state index in [4.69, 9.17) is 0 Å². The highest BCUT2D eigenvalue weighted by Crippen LogP contribution is 2.37. The van der Waals surface area contributed by atoms with Gasteiger partial charge in [-0.25, -0.2) is 13.1 Å². The normalized spacial score (nSPS) is 22.7. The number of aromatic amines is 1. The van der Waals surface area contributed by atoms with Gasteiger partial charge in [0.25, 0.3) is 10.0 Å². The van der Waals surface area contributed by atoms with Crippen LogP contribution in [0, 0.1) is 18.8 Å². The average Bonchev–Trinajstić information content (AvgIpc) is 2.93. The summed E-state index contributed by atoms with van der Waals surface area (Å²) in [6.45, 7) is 7.76. The van der Waals surface area contributed by atoms with Crippen molar-refractivity contribution in [2.75, 3.05) is 13.1 Å². The van der Waals surface area contributed by atoms with Crippen LogP contribution in [0.1, 0.15) is 31.5 Å². The largest absolute Gasteiger partial charge is 0.313 e. The Balaban J connectivity index is 2.10. The minimum absolute atomic E-state index is 0.124. The molecule has 1 heterocycles. The number of aryl methyl sites for hydroxylation is 1. The van der Waals surface area contributed by atoms with E-state index in [1.807, 2.05) is 13.8 Å². The molecule has 0 aliphatic heterocycles. The third-order valence-electron chi connectivity index (χ3n) is 3.65. The zero-order valence-corrected chi connectivity index (χ0v) is 12.5. The number of nitrogens with zero attached hydrogens (tertiary/aromatic N) is 1. The van der Waals surface area contributed by atoms with Crippen LogP contribution in [-0.4, -0.2) is 31.7 Å². The fourth-order valence-electron chi connectivity index (χ4n) is 2.08. The Bertz CT molecular complexity index is 538. The van der Waals surface area contributed by atoms with Gasteiger partial charge >= 0.3 is 0 Å². The molecule has 1 aromatic heterocycles. The second-order valence-electron chi connectivity index (χ2n) is 5.24. The van der Waals surface area contributed by atoms with Crippen molar-refractivity contribution in [2.45, 2.75) is 38.8 Å². The number of rotatable bonds is 7. The van der Waals surface area contributed by atoms with E-state index in [1.165, 1.54) is 0 Å². The lowest BCUT2D eigenvalue weighted by Gasteiger charge is -2.07. The Hall–Kier alpha value is -0.920. The molecule has 2 rings (SSSR count). The molecule has 6 nitrogen and oxygen atoms in total. The molecule has 1 aliphatic carbocycles. The zero-order valence-electron chi connectivity index (χ0n) is 11.7. The summed E-state index contributed by atoms with van der Waals surface area (Å²) in [5.41, 5.74) is 1.51. The van der Waals surface area contributed by atoms with Gasteiger partial charge in [0.2, 0.25) is 0 Å². The van der Waals surface area contributed by atoms with Gasteiger partial charge < -0.3 is 5.32 Å². The van der Waals surface area contributed by atoms with Crippen LogP contribution in [0.15, 0.2) is 5.03 Å². The number of aromatic nitrogens is 2. The van der Waals surface area contributed by atoms with E-state index >= 15 is 0 Å². The molecule has 0 amide bonds. The molecule has 1 fully saturated rings. The van der Waals surface area contributed by atoms with Gasteiger partial charge in [-0.15, -0.1) is 0 Å². The molecule has 1 aliphatic rings. The molecule has 0 aromatic carbocycles. The quantitative estimate of drug-likeness (QED) is 0.691. The molecule has 2 atom stereocenters. The number of sulfonamides is 1. The smallest absolute Gasteiger partial charge is 0.260 e. The molecular formula is C12H22N4O2S. The fourth-order valence-corrected chi connectivity index (χ4v) is 3.36. The summed E-state index contributed by atoms with van der Waals surface area (Å²) < 4.78 is 27.2. The van der Waals surface area contributed by atoms with Crippen LogP contribution < -0.4 is 10.0 Å². The van der Waals surface area contributed by atoms with Gasteiger partial charge in [-0.05, 0) is 31.7 Å². The van der Waals surface area contributed by atoms with E-state index in [1.54, 1.807) is 0 Å². The first-order chi connectivity index (χ1) is 8.95. The Kier molecular flexibility index (Phi) is 4.27. The standard InChI is InChI=1S/C12H22N4O2S/c1-4-13-7-11-9(3)15-16-12(11)19(17,18)14-6-10-5-8(10)2/h8,10,13-14H,4-7H2,1-3H3,(H,15,16). The molecule has 1 aromatic rings. The Labute approximate surface area is 114 Å². The van der Waals surface area contributed by atoms with Gasteiger partial charge in [0, 0.05) is 24.3 Å². The van der Waals surface area contributed by atoms with Crippen molar-refractivity contribution in [1.82, 2.24) is 20.2 Å². The zero-order chi connectivity index (χ0) is 14.0. The monoisotopic (exact) mass is 286 g/mol. The topological polar surface area (TPSA) is 86.9 Å². The summed E-state index contributed by atoms with van der Waals surface area (Å²) in [4.78, 5) is 0. The van der Waals surface area contributed by atoms with Crippen molar-refractivity contribution < 1.29 is 8.42 Å². The minimum Gasteiger partial charge on any atom is -0.313 e. The van der Waals surface area contributed by atoms with Crippen molar-refractivity contribution >= 4 is 10.0 Å². The van der Waals surface area contributed by atoms with E-state index in [0.717, 1.165) is 24.2 Å². The van der Waals surface area contributed by atoms with Crippen molar-refractivity contribution in [3.8, 4) is 0 Å². The Morgan fingerprint density at radius 2 is 2.16 bits per heavy atom. The number of hydrogen-bond acceptors (Lipinski definition) is 4. The van der Waals surface area contributed by atoms with Gasteiger partial charge in [-0.3, -0.25) is 5.10 Å². The second kappa shape index (κ2) is 5.60. The summed E-state index contributed by atoms with van der Waals surface area (Å²) in [5.74, 6) is 1.11. The molecule has 0 radical (unpaired) electrons. The highest BCUT2D eigenvalue weighted by molar-refractivity contribution is 7.89.